The topological polar surface area (TPSA) is 75.7 Å². The van der Waals surface area contributed by atoms with Gasteiger partial charge in [-0.05, 0) is 35.4 Å². The first-order chi connectivity index (χ1) is 13.7. The van der Waals surface area contributed by atoms with E-state index in [0.29, 0.717) is 12.3 Å². The number of hydrogen-bond donors (Lipinski definition) is 1. The van der Waals surface area contributed by atoms with Crippen LogP contribution in [0.2, 0.25) is 5.02 Å². The second-order valence-corrected chi connectivity index (χ2v) is 10.1. The van der Waals surface area contributed by atoms with Gasteiger partial charge in [0, 0.05) is 36.7 Å². The largest absolute Gasteiger partial charge is 0.484 e. The molecule has 0 aliphatic carbocycles. The molecule has 0 aliphatic heterocycles. The van der Waals surface area contributed by atoms with Crippen molar-refractivity contribution >= 4 is 39.3 Å². The Bertz CT molecular complexity index is 905. The molecule has 0 bridgehead atoms. The number of nitrogens with zero attached hydrogens (tertiary/aromatic N) is 1. The van der Waals surface area contributed by atoms with Crippen molar-refractivity contribution < 1.29 is 17.9 Å². The van der Waals surface area contributed by atoms with Crippen LogP contribution in [0.4, 0.5) is 0 Å². The van der Waals surface area contributed by atoms with E-state index in [-0.39, 0.29) is 19.1 Å². The van der Waals surface area contributed by atoms with Crippen LogP contribution in [-0.4, -0.2) is 50.8 Å². The SMILES string of the molecule is CN(Cc1ccc(OCC(=O)NCCSCc2cccc(Cl)c2)cc1)S(C)(=O)=O. The highest BCUT2D eigenvalue weighted by Gasteiger charge is 2.11. The van der Waals surface area contributed by atoms with Crippen molar-refractivity contribution in [3.8, 4) is 5.75 Å². The molecular formula is C20H25ClN2O4S2. The number of carbonyl (C=O) groups is 1. The molecule has 0 saturated heterocycles. The van der Waals surface area contributed by atoms with Crippen molar-refractivity contribution in [2.24, 2.45) is 0 Å². The zero-order valence-electron chi connectivity index (χ0n) is 16.4. The molecule has 2 aromatic rings. The number of thioether (sulfide) groups is 1. The molecule has 0 aromatic heterocycles. The van der Waals surface area contributed by atoms with Crippen LogP contribution in [0.25, 0.3) is 0 Å². The van der Waals surface area contributed by atoms with E-state index in [0.717, 1.165) is 27.7 Å². The Kier molecular flexibility index (Phi) is 9.29. The maximum absolute atomic E-state index is 11.9. The fraction of sp³-hybridized carbons (Fsp3) is 0.350. The van der Waals surface area contributed by atoms with Gasteiger partial charge in [-0.1, -0.05) is 35.9 Å². The van der Waals surface area contributed by atoms with E-state index in [4.69, 9.17) is 16.3 Å². The molecule has 0 radical (unpaired) electrons. The molecule has 0 unspecified atom stereocenters. The molecule has 1 amide bonds. The van der Waals surface area contributed by atoms with Gasteiger partial charge in [0.2, 0.25) is 10.0 Å². The summed E-state index contributed by atoms with van der Waals surface area (Å²) in [5, 5.41) is 3.55. The molecule has 2 aromatic carbocycles. The predicted molar refractivity (Wildman–Crippen MR) is 119 cm³/mol. The number of amides is 1. The van der Waals surface area contributed by atoms with Gasteiger partial charge in [-0.25, -0.2) is 12.7 Å². The average Bonchev–Trinajstić information content (AvgIpc) is 2.66. The van der Waals surface area contributed by atoms with Crippen LogP contribution in [0.3, 0.4) is 0 Å². The second kappa shape index (κ2) is 11.4. The highest BCUT2D eigenvalue weighted by atomic mass is 35.5. The van der Waals surface area contributed by atoms with Gasteiger partial charge >= 0.3 is 0 Å². The summed E-state index contributed by atoms with van der Waals surface area (Å²) in [5.41, 5.74) is 2.00. The minimum absolute atomic E-state index is 0.0679. The summed E-state index contributed by atoms with van der Waals surface area (Å²) < 4.78 is 29.6. The van der Waals surface area contributed by atoms with Crippen molar-refractivity contribution in [1.29, 1.82) is 0 Å². The number of ether oxygens (including phenoxy) is 1. The third kappa shape index (κ3) is 9.08. The van der Waals surface area contributed by atoms with Crippen molar-refractivity contribution in [3.05, 3.63) is 64.7 Å². The van der Waals surface area contributed by atoms with Gasteiger partial charge in [-0.15, -0.1) is 0 Å². The summed E-state index contributed by atoms with van der Waals surface area (Å²) >= 11 is 7.67. The molecule has 0 heterocycles. The van der Waals surface area contributed by atoms with Crippen molar-refractivity contribution in [2.75, 3.05) is 32.2 Å². The monoisotopic (exact) mass is 456 g/mol. The quantitative estimate of drug-likeness (QED) is 0.525. The van der Waals surface area contributed by atoms with Crippen LogP contribution in [0.1, 0.15) is 11.1 Å². The summed E-state index contributed by atoms with van der Waals surface area (Å²) in [6, 6.07) is 14.7. The van der Waals surface area contributed by atoms with E-state index in [9.17, 15) is 13.2 Å². The van der Waals surface area contributed by atoms with E-state index in [1.54, 1.807) is 36.0 Å². The smallest absolute Gasteiger partial charge is 0.257 e. The number of nitrogens with one attached hydrogen (secondary N) is 1. The molecule has 0 fully saturated rings. The van der Waals surface area contributed by atoms with Crippen LogP contribution in [0.5, 0.6) is 5.75 Å². The molecule has 9 heteroatoms. The highest BCUT2D eigenvalue weighted by molar-refractivity contribution is 7.98. The number of hydrogen-bond acceptors (Lipinski definition) is 5. The lowest BCUT2D eigenvalue weighted by Crippen LogP contribution is -2.30. The van der Waals surface area contributed by atoms with Gasteiger partial charge in [0.05, 0.1) is 6.26 Å². The molecule has 6 nitrogen and oxygen atoms in total. The van der Waals surface area contributed by atoms with Gasteiger partial charge in [0.1, 0.15) is 5.75 Å². The lowest BCUT2D eigenvalue weighted by Gasteiger charge is -2.14. The third-order valence-electron chi connectivity index (χ3n) is 3.99. The first kappa shape index (κ1) is 23.5. The molecule has 1 N–H and O–H groups in total. The second-order valence-electron chi connectivity index (χ2n) is 6.48. The number of halogens is 1. The van der Waals surface area contributed by atoms with Gasteiger partial charge in [0.15, 0.2) is 6.61 Å². The van der Waals surface area contributed by atoms with E-state index in [2.05, 4.69) is 5.32 Å². The van der Waals surface area contributed by atoms with Gasteiger partial charge in [0.25, 0.3) is 5.91 Å². The normalized spacial score (nSPS) is 11.4. The first-order valence-electron chi connectivity index (χ1n) is 8.96. The summed E-state index contributed by atoms with van der Waals surface area (Å²) in [6.07, 6.45) is 1.17. The van der Waals surface area contributed by atoms with Crippen LogP contribution >= 0.6 is 23.4 Å². The Morgan fingerprint density at radius 3 is 2.55 bits per heavy atom. The number of sulfonamides is 1. The lowest BCUT2D eigenvalue weighted by atomic mass is 10.2. The summed E-state index contributed by atoms with van der Waals surface area (Å²) in [4.78, 5) is 11.9. The Labute approximate surface area is 181 Å². The molecule has 0 aliphatic rings. The summed E-state index contributed by atoms with van der Waals surface area (Å²) in [5.74, 6) is 2.00. The fourth-order valence-corrected chi connectivity index (χ4v) is 3.75. The number of benzene rings is 2. The highest BCUT2D eigenvalue weighted by Crippen LogP contribution is 2.16. The molecule has 158 valence electrons. The lowest BCUT2D eigenvalue weighted by molar-refractivity contribution is -0.122. The van der Waals surface area contributed by atoms with Crippen LogP contribution in [0, 0.1) is 0 Å². The molecule has 0 atom stereocenters. The molecular weight excluding hydrogens is 432 g/mol. The van der Waals surface area contributed by atoms with Crippen LogP contribution < -0.4 is 10.1 Å². The zero-order chi connectivity index (χ0) is 21.3. The van der Waals surface area contributed by atoms with Gasteiger partial charge in [-0.2, -0.15) is 11.8 Å². The minimum atomic E-state index is -3.22. The average molecular weight is 457 g/mol. The van der Waals surface area contributed by atoms with Crippen molar-refractivity contribution in [1.82, 2.24) is 9.62 Å². The fourth-order valence-electron chi connectivity index (χ4n) is 2.34. The Morgan fingerprint density at radius 1 is 1.17 bits per heavy atom. The predicted octanol–water partition coefficient (Wildman–Crippen LogP) is 3.16. The van der Waals surface area contributed by atoms with E-state index in [1.165, 1.54) is 17.6 Å². The van der Waals surface area contributed by atoms with Crippen molar-refractivity contribution in [3.63, 3.8) is 0 Å². The third-order valence-corrected chi connectivity index (χ3v) is 6.52. The van der Waals surface area contributed by atoms with Crippen molar-refractivity contribution in [2.45, 2.75) is 12.3 Å². The first-order valence-corrected chi connectivity index (χ1v) is 12.3. The van der Waals surface area contributed by atoms with E-state index < -0.39 is 10.0 Å². The zero-order valence-corrected chi connectivity index (χ0v) is 18.8. The van der Waals surface area contributed by atoms with Gasteiger partial charge in [-0.3, -0.25) is 4.79 Å². The maximum atomic E-state index is 11.9. The summed E-state index contributed by atoms with van der Waals surface area (Å²) in [7, 11) is -1.70. The van der Waals surface area contributed by atoms with Crippen LogP contribution in [0.15, 0.2) is 48.5 Å². The molecule has 2 rings (SSSR count). The number of rotatable bonds is 11. The molecule has 0 saturated carbocycles. The maximum Gasteiger partial charge on any atom is 0.257 e. The Balaban J connectivity index is 1.63. The summed E-state index contributed by atoms with van der Waals surface area (Å²) in [6.45, 7) is 0.776. The minimum Gasteiger partial charge on any atom is -0.484 e. The van der Waals surface area contributed by atoms with Crippen LogP contribution in [-0.2, 0) is 27.1 Å². The van der Waals surface area contributed by atoms with Gasteiger partial charge < -0.3 is 10.1 Å². The Morgan fingerprint density at radius 2 is 1.90 bits per heavy atom. The molecule has 0 spiro atoms. The Hall–Kier alpha value is -1.74. The standard InChI is InChI=1S/C20H25ClN2O4S2/c1-23(29(2,25)26)13-16-6-8-19(9-7-16)27-14-20(24)22-10-11-28-15-17-4-3-5-18(21)12-17/h3-9,12H,10-11,13-15H2,1-2H3,(H,22,24). The van der Waals surface area contributed by atoms with E-state index in [1.807, 2.05) is 24.3 Å². The van der Waals surface area contributed by atoms with E-state index >= 15 is 0 Å². The molecule has 29 heavy (non-hydrogen) atoms. The number of carbonyl (C=O) groups excluding carboxylic acids is 1.